The van der Waals surface area contributed by atoms with Crippen LogP contribution in [0, 0.1) is 5.41 Å². The molecule has 1 fully saturated rings. The van der Waals surface area contributed by atoms with Crippen molar-refractivity contribution in [2.45, 2.75) is 25.3 Å². The molecular formula is C11H16BClN2O2. The van der Waals surface area contributed by atoms with Crippen molar-refractivity contribution in [2.75, 3.05) is 0 Å². The van der Waals surface area contributed by atoms with Crippen LogP contribution in [0.1, 0.15) is 30.1 Å². The quantitative estimate of drug-likeness (QED) is 0.427. The Morgan fingerprint density at radius 1 is 1.41 bits per heavy atom. The van der Waals surface area contributed by atoms with Crippen LogP contribution in [0.25, 0.3) is 0 Å². The maximum Gasteiger partial charge on any atom is 0.454 e. The van der Waals surface area contributed by atoms with Gasteiger partial charge in [0, 0.05) is 5.56 Å². The summed E-state index contributed by atoms with van der Waals surface area (Å²) in [6.07, 6.45) is 2.57. The second kappa shape index (κ2) is 6.05. The number of nitrogen functional groups attached to an aromatic ring is 1. The molecule has 0 aliphatic carbocycles. The maximum atomic E-state index is 9.41. The van der Waals surface area contributed by atoms with Gasteiger partial charge in [-0.25, -0.2) is 0 Å². The number of hydrogen-bond acceptors (Lipinski definition) is 3. The average Bonchev–Trinajstić information content (AvgIpc) is 2.29. The standard InChI is InChI=1S/C11H15BN2O2.ClH/c13-11(14)9-5-3-8(4-6-9)10-2-1-7-12(15)16-10;/h3-6,10,15H,1-2,7H2,(H3,13,14);1H. The summed E-state index contributed by atoms with van der Waals surface area (Å²) in [5, 5.41) is 16.7. The van der Waals surface area contributed by atoms with Gasteiger partial charge in [0.15, 0.2) is 0 Å². The lowest BCUT2D eigenvalue weighted by Gasteiger charge is -2.25. The van der Waals surface area contributed by atoms with Crippen molar-refractivity contribution in [3.05, 3.63) is 35.4 Å². The molecule has 1 heterocycles. The SMILES string of the molecule is Cl.N=C(N)c1ccc(C2CCCB(O)O2)cc1. The highest BCUT2D eigenvalue weighted by Gasteiger charge is 2.25. The first-order valence-electron chi connectivity index (χ1n) is 5.44. The molecule has 6 heteroatoms. The molecule has 92 valence electrons. The Balaban J connectivity index is 0.00000144. The number of benzene rings is 1. The topological polar surface area (TPSA) is 79.3 Å². The van der Waals surface area contributed by atoms with Crippen molar-refractivity contribution in [1.29, 1.82) is 5.41 Å². The zero-order valence-electron chi connectivity index (χ0n) is 9.43. The number of amidine groups is 1. The van der Waals surface area contributed by atoms with Crippen LogP contribution in [0.3, 0.4) is 0 Å². The van der Waals surface area contributed by atoms with Gasteiger partial charge in [-0.2, -0.15) is 0 Å². The van der Waals surface area contributed by atoms with Crippen LogP contribution < -0.4 is 5.73 Å². The molecule has 1 atom stereocenters. The number of hydrogen-bond donors (Lipinski definition) is 3. The van der Waals surface area contributed by atoms with Crippen molar-refractivity contribution >= 4 is 25.4 Å². The van der Waals surface area contributed by atoms with Crippen LogP contribution in [0.15, 0.2) is 24.3 Å². The predicted octanol–water partition coefficient (Wildman–Crippen LogP) is 1.72. The van der Waals surface area contributed by atoms with E-state index in [1.54, 1.807) is 0 Å². The largest absolute Gasteiger partial charge is 0.454 e. The summed E-state index contributed by atoms with van der Waals surface area (Å²) in [4.78, 5) is 0. The Bertz CT molecular complexity index is 386. The smallest absolute Gasteiger partial charge is 0.427 e. The fourth-order valence-electron chi connectivity index (χ4n) is 1.93. The van der Waals surface area contributed by atoms with Crippen LogP contribution in [0.4, 0.5) is 0 Å². The number of rotatable bonds is 2. The molecular weight excluding hydrogens is 238 g/mol. The van der Waals surface area contributed by atoms with E-state index < -0.39 is 7.12 Å². The molecule has 1 saturated heterocycles. The molecule has 1 aromatic rings. The summed E-state index contributed by atoms with van der Waals surface area (Å²) in [7, 11) is -0.647. The zero-order valence-corrected chi connectivity index (χ0v) is 10.2. The molecule has 0 saturated carbocycles. The van der Waals surface area contributed by atoms with Crippen molar-refractivity contribution in [2.24, 2.45) is 5.73 Å². The second-order valence-corrected chi connectivity index (χ2v) is 4.05. The summed E-state index contributed by atoms with van der Waals surface area (Å²) >= 11 is 0. The lowest BCUT2D eigenvalue weighted by molar-refractivity contribution is 0.137. The fraction of sp³-hybridized carbons (Fsp3) is 0.364. The van der Waals surface area contributed by atoms with Crippen LogP contribution in [0.5, 0.6) is 0 Å². The van der Waals surface area contributed by atoms with Crippen LogP contribution in [-0.4, -0.2) is 18.0 Å². The van der Waals surface area contributed by atoms with Crippen LogP contribution >= 0.6 is 12.4 Å². The number of nitrogens with one attached hydrogen (secondary N) is 1. The van der Waals surface area contributed by atoms with Gasteiger partial charge in [0.1, 0.15) is 5.84 Å². The Morgan fingerprint density at radius 3 is 2.59 bits per heavy atom. The lowest BCUT2D eigenvalue weighted by Crippen LogP contribution is -2.25. The molecule has 0 bridgehead atoms. The van der Waals surface area contributed by atoms with E-state index in [9.17, 15) is 5.02 Å². The highest BCUT2D eigenvalue weighted by atomic mass is 35.5. The lowest BCUT2D eigenvalue weighted by atomic mass is 9.78. The van der Waals surface area contributed by atoms with E-state index in [0.29, 0.717) is 11.9 Å². The summed E-state index contributed by atoms with van der Waals surface area (Å²) in [5.74, 6) is 0.0659. The van der Waals surface area contributed by atoms with Gasteiger partial charge in [-0.05, 0) is 18.3 Å². The minimum Gasteiger partial charge on any atom is -0.427 e. The van der Waals surface area contributed by atoms with Gasteiger partial charge in [-0.15, -0.1) is 12.4 Å². The molecule has 0 aromatic heterocycles. The Kier molecular flexibility index (Phi) is 4.99. The molecule has 0 amide bonds. The minimum absolute atomic E-state index is 0. The van der Waals surface area contributed by atoms with Gasteiger partial charge in [0.2, 0.25) is 0 Å². The third-order valence-corrected chi connectivity index (χ3v) is 2.83. The molecule has 4 N–H and O–H groups in total. The van der Waals surface area contributed by atoms with Crippen molar-refractivity contribution in [3.63, 3.8) is 0 Å². The predicted molar refractivity (Wildman–Crippen MR) is 70.5 cm³/mol. The third-order valence-electron chi connectivity index (χ3n) is 2.83. The first kappa shape index (κ1) is 14.0. The van der Waals surface area contributed by atoms with Crippen LogP contribution in [-0.2, 0) is 4.65 Å². The number of nitrogens with two attached hydrogens (primary N) is 1. The van der Waals surface area contributed by atoms with E-state index in [1.165, 1.54) is 0 Å². The second-order valence-electron chi connectivity index (χ2n) is 4.05. The van der Waals surface area contributed by atoms with Gasteiger partial charge >= 0.3 is 7.12 Å². The van der Waals surface area contributed by atoms with E-state index in [2.05, 4.69) is 0 Å². The van der Waals surface area contributed by atoms with Gasteiger partial charge in [-0.3, -0.25) is 5.41 Å². The van der Waals surface area contributed by atoms with Gasteiger partial charge in [0.05, 0.1) is 6.10 Å². The van der Waals surface area contributed by atoms with Gasteiger partial charge in [-0.1, -0.05) is 30.7 Å². The highest BCUT2D eigenvalue weighted by molar-refractivity contribution is 6.42. The maximum absolute atomic E-state index is 9.41. The molecule has 1 aliphatic heterocycles. The van der Waals surface area contributed by atoms with E-state index in [4.69, 9.17) is 15.8 Å². The molecule has 4 nitrogen and oxygen atoms in total. The zero-order chi connectivity index (χ0) is 11.5. The fourth-order valence-corrected chi connectivity index (χ4v) is 1.93. The Labute approximate surface area is 107 Å². The normalized spacial score (nSPS) is 19.6. The van der Waals surface area contributed by atoms with E-state index in [0.717, 1.165) is 18.4 Å². The minimum atomic E-state index is -0.647. The Hall–Kier alpha value is -1.04. The van der Waals surface area contributed by atoms with Crippen molar-refractivity contribution < 1.29 is 9.68 Å². The first-order valence-corrected chi connectivity index (χ1v) is 5.44. The average molecular weight is 255 g/mol. The summed E-state index contributed by atoms with van der Waals surface area (Å²) < 4.78 is 5.44. The first-order chi connectivity index (χ1) is 7.66. The summed E-state index contributed by atoms with van der Waals surface area (Å²) in [5.41, 5.74) is 7.12. The number of halogens is 1. The molecule has 0 spiro atoms. The molecule has 1 unspecified atom stereocenters. The third kappa shape index (κ3) is 3.46. The highest BCUT2D eigenvalue weighted by Crippen LogP contribution is 2.29. The summed E-state index contributed by atoms with van der Waals surface area (Å²) in [6.45, 7) is 0. The van der Waals surface area contributed by atoms with Crippen LogP contribution in [0.2, 0.25) is 6.32 Å². The molecule has 17 heavy (non-hydrogen) atoms. The summed E-state index contributed by atoms with van der Waals surface area (Å²) in [6, 6.07) is 7.42. The monoisotopic (exact) mass is 254 g/mol. The van der Waals surface area contributed by atoms with Crippen molar-refractivity contribution in [1.82, 2.24) is 0 Å². The molecule has 1 aliphatic rings. The van der Waals surface area contributed by atoms with E-state index in [1.807, 2.05) is 24.3 Å². The van der Waals surface area contributed by atoms with Crippen molar-refractivity contribution in [3.8, 4) is 0 Å². The van der Waals surface area contributed by atoms with Gasteiger partial charge < -0.3 is 15.4 Å². The van der Waals surface area contributed by atoms with E-state index >= 15 is 0 Å². The Morgan fingerprint density at radius 2 is 2.06 bits per heavy atom. The van der Waals surface area contributed by atoms with Gasteiger partial charge in [0.25, 0.3) is 0 Å². The molecule has 2 rings (SSSR count). The van der Waals surface area contributed by atoms with E-state index in [-0.39, 0.29) is 24.3 Å². The molecule has 1 aromatic carbocycles. The molecule has 0 radical (unpaired) electrons.